The summed E-state index contributed by atoms with van der Waals surface area (Å²) in [6.07, 6.45) is 69.8. The summed E-state index contributed by atoms with van der Waals surface area (Å²) in [7, 11) is 0. The third kappa shape index (κ3) is 51.2. The highest BCUT2D eigenvalue weighted by molar-refractivity contribution is 5.71. The van der Waals surface area contributed by atoms with Crippen LogP contribution < -0.4 is 0 Å². The van der Waals surface area contributed by atoms with Gasteiger partial charge in [-0.15, -0.1) is 0 Å². The molecule has 1 atom stereocenters. The molecule has 0 N–H and O–H groups in total. The molecule has 6 heteroatoms. The molecule has 0 radical (unpaired) electrons. The van der Waals surface area contributed by atoms with Gasteiger partial charge >= 0.3 is 17.9 Å². The minimum atomic E-state index is -0.793. The van der Waals surface area contributed by atoms with Gasteiger partial charge in [0.25, 0.3) is 0 Å². The lowest BCUT2D eigenvalue weighted by Gasteiger charge is -2.18. The lowest BCUT2D eigenvalue weighted by molar-refractivity contribution is -0.167. The second-order valence-corrected chi connectivity index (χ2v) is 17.4. The van der Waals surface area contributed by atoms with Crippen molar-refractivity contribution in [2.45, 2.75) is 245 Å². The monoisotopic (exact) mass is 903 g/mol. The van der Waals surface area contributed by atoms with Gasteiger partial charge in [0.2, 0.25) is 0 Å². The van der Waals surface area contributed by atoms with Crippen molar-refractivity contribution in [1.82, 2.24) is 0 Å². The number of hydrogen-bond donors (Lipinski definition) is 0. The van der Waals surface area contributed by atoms with Crippen LogP contribution in [-0.2, 0) is 28.6 Å². The quantitative estimate of drug-likeness (QED) is 0.0262. The fourth-order valence-electron chi connectivity index (χ4n) is 7.06. The third-order valence-electron chi connectivity index (χ3n) is 11.1. The standard InChI is InChI=1S/C59H98O6/c1-4-7-10-13-16-18-20-22-24-25-26-27-28-29-30-31-32-33-35-36-38-40-43-46-49-52-58(61)64-55-56(54-63-57(60)51-48-45-42-15-12-9-6-3)65-59(62)53-50-47-44-41-39-37-34-23-21-19-17-14-11-8-5-2/h7,10,16,18,22-24,26-27,29-30,32-34,36,38,56H,4-6,8-9,11-15,17,19-21,25,28,31,35,37,39-55H2,1-3H3/b10-7-,18-16-,24-22-,27-26-,30-29-,33-32-,34-23-,38-36-. The van der Waals surface area contributed by atoms with Crippen LogP contribution in [0.1, 0.15) is 239 Å². The molecule has 1 unspecified atom stereocenters. The predicted octanol–water partition coefficient (Wildman–Crippen LogP) is 17.8. The van der Waals surface area contributed by atoms with E-state index in [2.05, 4.69) is 118 Å². The molecule has 0 aromatic rings. The second kappa shape index (κ2) is 52.9. The van der Waals surface area contributed by atoms with Crippen LogP contribution in [0.4, 0.5) is 0 Å². The van der Waals surface area contributed by atoms with Crippen LogP contribution in [0.3, 0.4) is 0 Å². The van der Waals surface area contributed by atoms with Crippen molar-refractivity contribution in [1.29, 1.82) is 0 Å². The summed E-state index contributed by atoms with van der Waals surface area (Å²) in [5.41, 5.74) is 0. The normalized spacial score (nSPS) is 12.8. The average Bonchev–Trinajstić information content (AvgIpc) is 3.30. The number of carbonyl (C=O) groups excluding carboxylic acids is 3. The zero-order valence-corrected chi connectivity index (χ0v) is 42.2. The van der Waals surface area contributed by atoms with E-state index in [4.69, 9.17) is 14.2 Å². The van der Waals surface area contributed by atoms with Crippen LogP contribution in [0.5, 0.6) is 0 Å². The number of esters is 3. The molecule has 0 aliphatic heterocycles. The van der Waals surface area contributed by atoms with E-state index in [1.807, 2.05) is 0 Å². The molecule has 370 valence electrons. The van der Waals surface area contributed by atoms with E-state index >= 15 is 0 Å². The average molecular weight is 903 g/mol. The molecule has 0 saturated heterocycles. The Morgan fingerprint density at radius 3 is 0.969 bits per heavy atom. The SMILES string of the molecule is CC/C=C\C/C=C\C/C=C\C/C=C\C/C=C\C/C=C\C/C=C\CCCCCC(=O)OCC(COC(=O)CCCCCCCCC)OC(=O)CCCCCCC/C=C\CCCCCCCC. The van der Waals surface area contributed by atoms with E-state index in [9.17, 15) is 14.4 Å². The minimum absolute atomic E-state index is 0.0916. The molecule has 0 rings (SSSR count). The first-order valence-electron chi connectivity index (χ1n) is 26.7. The van der Waals surface area contributed by atoms with Crippen LogP contribution in [0.15, 0.2) is 97.2 Å². The third-order valence-corrected chi connectivity index (χ3v) is 11.1. The van der Waals surface area contributed by atoms with Crippen LogP contribution in [0.25, 0.3) is 0 Å². The van der Waals surface area contributed by atoms with Gasteiger partial charge in [-0.05, 0) is 103 Å². The summed E-state index contributed by atoms with van der Waals surface area (Å²) in [5, 5.41) is 0. The number of allylic oxidation sites excluding steroid dienone is 16. The first-order chi connectivity index (χ1) is 32.0. The Hall–Kier alpha value is -3.67. The Morgan fingerprint density at radius 1 is 0.323 bits per heavy atom. The lowest BCUT2D eigenvalue weighted by Crippen LogP contribution is -2.30. The van der Waals surface area contributed by atoms with E-state index < -0.39 is 6.10 Å². The number of rotatable bonds is 47. The summed E-state index contributed by atoms with van der Waals surface area (Å²) in [4.78, 5) is 37.8. The lowest BCUT2D eigenvalue weighted by atomic mass is 10.1. The zero-order chi connectivity index (χ0) is 47.2. The Kier molecular flexibility index (Phi) is 50.0. The van der Waals surface area contributed by atoms with E-state index in [0.29, 0.717) is 19.3 Å². The number of ether oxygens (including phenoxy) is 3. The van der Waals surface area contributed by atoms with Crippen LogP contribution in [0, 0.1) is 0 Å². The smallest absolute Gasteiger partial charge is 0.306 e. The predicted molar refractivity (Wildman–Crippen MR) is 279 cm³/mol. The first-order valence-corrected chi connectivity index (χ1v) is 26.7. The summed E-state index contributed by atoms with van der Waals surface area (Å²) >= 11 is 0. The maximum atomic E-state index is 12.8. The molecule has 0 fully saturated rings. The fraction of sp³-hybridized carbons (Fsp3) is 0.678. The highest BCUT2D eigenvalue weighted by Gasteiger charge is 2.19. The molecular weight excluding hydrogens is 805 g/mol. The second-order valence-electron chi connectivity index (χ2n) is 17.4. The summed E-state index contributed by atoms with van der Waals surface area (Å²) in [6, 6.07) is 0. The van der Waals surface area contributed by atoms with E-state index in [0.717, 1.165) is 122 Å². The number of carbonyl (C=O) groups is 3. The van der Waals surface area contributed by atoms with Gasteiger partial charge < -0.3 is 14.2 Å². The molecular formula is C59H98O6. The van der Waals surface area contributed by atoms with Crippen molar-refractivity contribution >= 4 is 17.9 Å². The molecule has 0 aromatic carbocycles. The van der Waals surface area contributed by atoms with Gasteiger partial charge in [-0.1, -0.05) is 214 Å². The zero-order valence-electron chi connectivity index (χ0n) is 42.2. The molecule has 65 heavy (non-hydrogen) atoms. The van der Waals surface area contributed by atoms with E-state index in [1.165, 1.54) is 77.0 Å². The Morgan fingerprint density at radius 2 is 0.600 bits per heavy atom. The largest absolute Gasteiger partial charge is 0.462 e. The van der Waals surface area contributed by atoms with Crippen molar-refractivity contribution < 1.29 is 28.6 Å². The van der Waals surface area contributed by atoms with Gasteiger partial charge in [-0.2, -0.15) is 0 Å². The topological polar surface area (TPSA) is 78.9 Å². The van der Waals surface area contributed by atoms with Crippen LogP contribution in [0.2, 0.25) is 0 Å². The van der Waals surface area contributed by atoms with Gasteiger partial charge in [0.15, 0.2) is 6.10 Å². The van der Waals surface area contributed by atoms with Gasteiger partial charge in [0.1, 0.15) is 13.2 Å². The first kappa shape index (κ1) is 61.3. The molecule has 0 aromatic heterocycles. The minimum Gasteiger partial charge on any atom is -0.462 e. The molecule has 0 aliphatic carbocycles. The van der Waals surface area contributed by atoms with Gasteiger partial charge in [0.05, 0.1) is 0 Å². The van der Waals surface area contributed by atoms with Crippen LogP contribution in [-0.4, -0.2) is 37.2 Å². The molecule has 0 saturated carbocycles. The van der Waals surface area contributed by atoms with Crippen molar-refractivity contribution in [3.05, 3.63) is 97.2 Å². The molecule has 0 spiro atoms. The van der Waals surface area contributed by atoms with Gasteiger partial charge in [-0.25, -0.2) is 0 Å². The molecule has 0 aliphatic rings. The highest BCUT2D eigenvalue weighted by Crippen LogP contribution is 2.13. The van der Waals surface area contributed by atoms with Gasteiger partial charge in [0, 0.05) is 19.3 Å². The number of hydrogen-bond acceptors (Lipinski definition) is 6. The molecule has 0 amide bonds. The molecule has 0 bridgehead atoms. The summed E-state index contributed by atoms with van der Waals surface area (Å²) < 4.78 is 16.7. The summed E-state index contributed by atoms with van der Waals surface area (Å²) in [5.74, 6) is -0.943. The Bertz CT molecular complexity index is 1310. The Labute approximate surface area is 400 Å². The van der Waals surface area contributed by atoms with Crippen LogP contribution >= 0.6 is 0 Å². The Balaban J connectivity index is 4.31. The summed E-state index contributed by atoms with van der Waals surface area (Å²) in [6.45, 7) is 6.43. The fourth-order valence-corrected chi connectivity index (χ4v) is 7.06. The van der Waals surface area contributed by atoms with Crippen molar-refractivity contribution in [3.8, 4) is 0 Å². The van der Waals surface area contributed by atoms with Gasteiger partial charge in [-0.3, -0.25) is 14.4 Å². The van der Waals surface area contributed by atoms with E-state index in [-0.39, 0.29) is 31.1 Å². The maximum absolute atomic E-state index is 12.8. The van der Waals surface area contributed by atoms with Crippen molar-refractivity contribution in [2.24, 2.45) is 0 Å². The molecule has 6 nitrogen and oxygen atoms in total. The highest BCUT2D eigenvalue weighted by atomic mass is 16.6. The van der Waals surface area contributed by atoms with Crippen molar-refractivity contribution in [2.75, 3.05) is 13.2 Å². The maximum Gasteiger partial charge on any atom is 0.306 e. The number of unbranched alkanes of at least 4 members (excludes halogenated alkanes) is 20. The van der Waals surface area contributed by atoms with Crippen molar-refractivity contribution in [3.63, 3.8) is 0 Å². The molecule has 0 heterocycles. The van der Waals surface area contributed by atoms with E-state index in [1.54, 1.807) is 0 Å².